The lowest BCUT2D eigenvalue weighted by Crippen LogP contribution is -2.45. The molecule has 0 aromatic heterocycles. The average Bonchev–Trinajstić information content (AvgIpc) is 3.22. The normalized spacial score (nSPS) is 19.5. The second-order valence-electron chi connectivity index (χ2n) is 9.23. The number of hydrogen-bond donors (Lipinski definition) is 1. The molecule has 3 rings (SSSR count). The molecule has 0 saturated carbocycles. The third-order valence-electron chi connectivity index (χ3n) is 5.66. The van der Waals surface area contributed by atoms with Crippen molar-refractivity contribution in [2.24, 2.45) is 5.92 Å². The monoisotopic (exact) mass is 415 g/mol. The molecular weight excluding hydrogens is 382 g/mol. The highest BCUT2D eigenvalue weighted by Gasteiger charge is 2.31. The number of carbonyl (C=O) groups excluding carboxylic acids is 3. The molecule has 3 amide bonds. The molecular formula is C23H33N3O4. The quantitative estimate of drug-likeness (QED) is 0.814. The molecule has 1 aromatic rings. The molecule has 7 nitrogen and oxygen atoms in total. The van der Waals surface area contributed by atoms with E-state index in [9.17, 15) is 14.4 Å². The molecule has 2 heterocycles. The molecule has 0 spiro atoms. The molecule has 0 aliphatic carbocycles. The summed E-state index contributed by atoms with van der Waals surface area (Å²) >= 11 is 0. The van der Waals surface area contributed by atoms with Crippen molar-refractivity contribution < 1.29 is 19.1 Å². The van der Waals surface area contributed by atoms with Crippen LogP contribution in [0.25, 0.3) is 0 Å². The second kappa shape index (κ2) is 9.06. The first-order valence-corrected chi connectivity index (χ1v) is 10.8. The minimum Gasteiger partial charge on any atom is -0.444 e. The molecule has 2 saturated heterocycles. The molecule has 1 atom stereocenters. The zero-order valence-corrected chi connectivity index (χ0v) is 18.5. The van der Waals surface area contributed by atoms with Gasteiger partial charge in [0.15, 0.2) is 0 Å². The first-order chi connectivity index (χ1) is 14.2. The van der Waals surface area contributed by atoms with Gasteiger partial charge in [-0.2, -0.15) is 0 Å². The fraction of sp³-hybridized carbons (Fsp3) is 0.609. The number of ether oxygens (including phenoxy) is 1. The molecule has 2 aliphatic heterocycles. The van der Waals surface area contributed by atoms with Gasteiger partial charge in [-0.15, -0.1) is 0 Å². The number of rotatable bonds is 3. The summed E-state index contributed by atoms with van der Waals surface area (Å²) in [7, 11) is 0. The van der Waals surface area contributed by atoms with Crippen LogP contribution in [0.3, 0.4) is 0 Å². The first kappa shape index (κ1) is 22.1. The van der Waals surface area contributed by atoms with Crippen LogP contribution in [-0.4, -0.2) is 59.5 Å². The molecule has 2 aliphatic rings. The van der Waals surface area contributed by atoms with Crippen molar-refractivity contribution in [3.05, 3.63) is 29.3 Å². The van der Waals surface area contributed by atoms with E-state index in [1.54, 1.807) is 11.0 Å². The van der Waals surface area contributed by atoms with E-state index in [0.717, 1.165) is 44.3 Å². The number of nitrogens with zero attached hydrogens (tertiary/aromatic N) is 2. The Morgan fingerprint density at radius 1 is 1.03 bits per heavy atom. The Balaban J connectivity index is 1.66. The predicted octanol–water partition coefficient (Wildman–Crippen LogP) is 3.82. The number of amides is 3. The Labute approximate surface area is 178 Å². The fourth-order valence-electron chi connectivity index (χ4n) is 4.01. The highest BCUT2D eigenvalue weighted by molar-refractivity contribution is 6.00. The van der Waals surface area contributed by atoms with E-state index in [2.05, 4.69) is 5.32 Å². The number of benzene rings is 1. The first-order valence-electron chi connectivity index (χ1n) is 10.8. The number of anilines is 1. The molecule has 2 fully saturated rings. The molecule has 0 bridgehead atoms. The van der Waals surface area contributed by atoms with Crippen LogP contribution in [0.1, 0.15) is 62.4 Å². The zero-order valence-electron chi connectivity index (χ0n) is 18.5. The summed E-state index contributed by atoms with van der Waals surface area (Å²) in [6, 6.07) is 5.44. The van der Waals surface area contributed by atoms with E-state index in [1.165, 1.54) is 0 Å². The van der Waals surface area contributed by atoms with Crippen LogP contribution in [-0.2, 0) is 9.53 Å². The molecule has 1 unspecified atom stereocenters. The topological polar surface area (TPSA) is 79.0 Å². The Morgan fingerprint density at radius 2 is 1.70 bits per heavy atom. The van der Waals surface area contributed by atoms with Gasteiger partial charge in [-0.05, 0) is 71.1 Å². The van der Waals surface area contributed by atoms with Crippen LogP contribution in [0, 0.1) is 12.8 Å². The van der Waals surface area contributed by atoms with E-state index >= 15 is 0 Å². The lowest BCUT2D eigenvalue weighted by atomic mass is 9.97. The van der Waals surface area contributed by atoms with Gasteiger partial charge in [-0.3, -0.25) is 9.59 Å². The van der Waals surface area contributed by atoms with Gasteiger partial charge in [-0.25, -0.2) is 4.79 Å². The lowest BCUT2D eigenvalue weighted by molar-refractivity contribution is -0.121. The number of piperidine rings is 1. The van der Waals surface area contributed by atoms with E-state index in [4.69, 9.17) is 4.74 Å². The maximum atomic E-state index is 12.9. The van der Waals surface area contributed by atoms with Crippen LogP contribution >= 0.6 is 0 Å². The Bertz CT molecular complexity index is 809. The average molecular weight is 416 g/mol. The van der Waals surface area contributed by atoms with Crippen molar-refractivity contribution in [2.75, 3.05) is 31.5 Å². The van der Waals surface area contributed by atoms with Crippen LogP contribution < -0.4 is 5.32 Å². The number of hydrogen-bond acceptors (Lipinski definition) is 4. The highest BCUT2D eigenvalue weighted by Crippen LogP contribution is 2.25. The van der Waals surface area contributed by atoms with Crippen molar-refractivity contribution in [2.45, 2.75) is 59.0 Å². The van der Waals surface area contributed by atoms with Crippen LogP contribution in [0.4, 0.5) is 10.5 Å². The molecule has 7 heteroatoms. The fourth-order valence-corrected chi connectivity index (χ4v) is 4.01. The van der Waals surface area contributed by atoms with E-state index in [-0.39, 0.29) is 23.8 Å². The van der Waals surface area contributed by atoms with Gasteiger partial charge in [0.25, 0.3) is 5.91 Å². The van der Waals surface area contributed by atoms with Crippen molar-refractivity contribution in [3.63, 3.8) is 0 Å². The predicted molar refractivity (Wildman–Crippen MR) is 115 cm³/mol. The summed E-state index contributed by atoms with van der Waals surface area (Å²) in [5.41, 5.74) is 1.50. The van der Waals surface area contributed by atoms with Crippen LogP contribution in [0.2, 0.25) is 0 Å². The summed E-state index contributed by atoms with van der Waals surface area (Å²) in [6.45, 7) is 9.88. The van der Waals surface area contributed by atoms with Gasteiger partial charge in [0.1, 0.15) is 5.60 Å². The summed E-state index contributed by atoms with van der Waals surface area (Å²) in [5.74, 6) is -0.407. The SMILES string of the molecule is Cc1c(NC(=O)C2CCCN(C(=O)OC(C)(C)C)C2)cccc1C(=O)N1CCCC1. The maximum absolute atomic E-state index is 12.9. The van der Waals surface area contributed by atoms with Crippen molar-refractivity contribution in [1.29, 1.82) is 0 Å². The molecule has 0 radical (unpaired) electrons. The van der Waals surface area contributed by atoms with Gasteiger partial charge in [0, 0.05) is 37.4 Å². The number of carbonyl (C=O) groups is 3. The van der Waals surface area contributed by atoms with Gasteiger partial charge < -0.3 is 19.9 Å². The third kappa shape index (κ3) is 5.32. The Kier molecular flexibility index (Phi) is 6.68. The molecule has 30 heavy (non-hydrogen) atoms. The van der Waals surface area contributed by atoms with Crippen LogP contribution in [0.15, 0.2) is 18.2 Å². The summed E-state index contributed by atoms with van der Waals surface area (Å²) in [6.07, 6.45) is 3.17. The van der Waals surface area contributed by atoms with Gasteiger partial charge in [-0.1, -0.05) is 6.07 Å². The van der Waals surface area contributed by atoms with E-state index < -0.39 is 5.60 Å². The smallest absolute Gasteiger partial charge is 0.410 e. The van der Waals surface area contributed by atoms with Gasteiger partial charge in [0.05, 0.1) is 5.92 Å². The lowest BCUT2D eigenvalue weighted by Gasteiger charge is -2.33. The highest BCUT2D eigenvalue weighted by atomic mass is 16.6. The number of nitrogens with one attached hydrogen (secondary N) is 1. The molecule has 164 valence electrons. The molecule has 1 N–H and O–H groups in total. The minimum atomic E-state index is -0.564. The van der Waals surface area contributed by atoms with Gasteiger partial charge >= 0.3 is 6.09 Å². The van der Waals surface area contributed by atoms with Crippen molar-refractivity contribution in [3.8, 4) is 0 Å². The Morgan fingerprint density at radius 3 is 2.37 bits per heavy atom. The second-order valence-corrected chi connectivity index (χ2v) is 9.23. The van der Waals surface area contributed by atoms with E-state index in [0.29, 0.717) is 24.3 Å². The standard InChI is InChI=1S/C23H33N3O4/c1-16-18(21(28)25-12-5-6-13-25)10-7-11-19(16)24-20(27)17-9-8-14-26(15-17)22(29)30-23(2,3)4/h7,10-11,17H,5-6,8-9,12-15H2,1-4H3,(H,24,27). The number of likely N-dealkylation sites (tertiary alicyclic amines) is 2. The molecule has 1 aromatic carbocycles. The third-order valence-corrected chi connectivity index (χ3v) is 5.66. The minimum absolute atomic E-state index is 0.0230. The Hall–Kier alpha value is -2.57. The zero-order chi connectivity index (χ0) is 21.9. The maximum Gasteiger partial charge on any atom is 0.410 e. The summed E-state index contributed by atoms with van der Waals surface area (Å²) in [4.78, 5) is 41.6. The largest absolute Gasteiger partial charge is 0.444 e. The van der Waals surface area contributed by atoms with Crippen molar-refractivity contribution in [1.82, 2.24) is 9.80 Å². The van der Waals surface area contributed by atoms with Crippen molar-refractivity contribution >= 4 is 23.6 Å². The summed E-state index contributed by atoms with van der Waals surface area (Å²) < 4.78 is 5.45. The van der Waals surface area contributed by atoms with E-state index in [1.807, 2.05) is 44.7 Å². The summed E-state index contributed by atoms with van der Waals surface area (Å²) in [5, 5.41) is 2.99. The van der Waals surface area contributed by atoms with Crippen LogP contribution in [0.5, 0.6) is 0 Å². The van der Waals surface area contributed by atoms with Gasteiger partial charge in [0.2, 0.25) is 5.91 Å².